The van der Waals surface area contributed by atoms with Gasteiger partial charge >= 0.3 is 5.97 Å². The molecule has 1 saturated carbocycles. The topological polar surface area (TPSA) is 57.6 Å². The predicted molar refractivity (Wildman–Crippen MR) is 100 cm³/mol. The summed E-state index contributed by atoms with van der Waals surface area (Å²) in [5.74, 6) is -0.658. The zero-order valence-electron chi connectivity index (χ0n) is 13.6. The highest BCUT2D eigenvalue weighted by Crippen LogP contribution is 2.53. The molecule has 2 unspecified atom stereocenters. The Morgan fingerprint density at radius 2 is 2.00 bits per heavy atom. The Labute approximate surface area is 151 Å². The molecule has 24 heavy (non-hydrogen) atoms. The summed E-state index contributed by atoms with van der Waals surface area (Å²) in [6.45, 7) is 0.421. The first-order valence-electron chi connectivity index (χ1n) is 8.15. The summed E-state index contributed by atoms with van der Waals surface area (Å²) < 4.78 is 0. The Bertz CT molecular complexity index is 701. The lowest BCUT2D eigenvalue weighted by molar-refractivity contribution is -0.133. The van der Waals surface area contributed by atoms with Crippen LogP contribution in [0, 0.1) is 5.92 Å². The third kappa shape index (κ3) is 3.35. The molecule has 1 aromatic rings. The SMILES string of the molecule is CN(Cc1ccccc1C1=C(C(=O)O)C2CCCCC2S1)C(=O)S. The molecule has 128 valence electrons. The first-order valence-corrected chi connectivity index (χ1v) is 9.48. The maximum absolute atomic E-state index is 11.9. The molecule has 3 rings (SSSR count). The Morgan fingerprint density at radius 1 is 1.29 bits per heavy atom. The van der Waals surface area contributed by atoms with Gasteiger partial charge in [-0.3, -0.25) is 4.79 Å². The summed E-state index contributed by atoms with van der Waals surface area (Å²) >= 11 is 5.57. The van der Waals surface area contributed by atoms with Crippen LogP contribution >= 0.6 is 24.4 Å². The molecule has 2 aliphatic rings. The molecule has 1 amide bonds. The van der Waals surface area contributed by atoms with E-state index in [1.54, 1.807) is 18.8 Å². The van der Waals surface area contributed by atoms with Gasteiger partial charge in [0, 0.05) is 29.7 Å². The molecule has 0 radical (unpaired) electrons. The third-order valence-corrected chi connectivity index (χ3v) is 6.70. The number of thiol groups is 1. The minimum atomic E-state index is -0.805. The predicted octanol–water partition coefficient (Wildman–Crippen LogP) is 4.27. The van der Waals surface area contributed by atoms with Gasteiger partial charge in [-0.05, 0) is 24.0 Å². The summed E-state index contributed by atoms with van der Waals surface area (Å²) in [5.41, 5.74) is 2.47. The van der Waals surface area contributed by atoms with Gasteiger partial charge in [0.15, 0.2) is 0 Å². The van der Waals surface area contributed by atoms with Crippen LogP contribution in [0.3, 0.4) is 0 Å². The molecule has 0 aromatic heterocycles. The van der Waals surface area contributed by atoms with Crippen molar-refractivity contribution in [3.05, 3.63) is 41.0 Å². The van der Waals surface area contributed by atoms with Crippen molar-refractivity contribution >= 4 is 40.5 Å². The van der Waals surface area contributed by atoms with Crippen molar-refractivity contribution in [3.63, 3.8) is 0 Å². The number of nitrogens with zero attached hydrogens (tertiary/aromatic N) is 1. The largest absolute Gasteiger partial charge is 0.478 e. The summed E-state index contributed by atoms with van der Waals surface area (Å²) in [7, 11) is 1.69. The molecule has 1 N–H and O–H groups in total. The van der Waals surface area contributed by atoms with Gasteiger partial charge in [0.05, 0.1) is 5.57 Å². The minimum Gasteiger partial charge on any atom is -0.478 e. The standard InChI is InChI=1S/C18H21NO3S2/c1-19(18(22)23)10-11-6-2-3-7-12(11)16-15(17(20)21)13-8-4-5-9-14(13)24-16/h2-3,6-7,13-14H,4-5,8-10H2,1H3,(H,20,21)(H,22,23). The molecule has 6 heteroatoms. The number of carboxylic acids is 1. The first-order chi connectivity index (χ1) is 11.5. The fourth-order valence-electron chi connectivity index (χ4n) is 3.62. The second-order valence-corrected chi connectivity index (χ2v) is 8.02. The lowest BCUT2D eigenvalue weighted by Crippen LogP contribution is -2.22. The van der Waals surface area contributed by atoms with Crippen molar-refractivity contribution in [1.82, 2.24) is 4.90 Å². The number of rotatable bonds is 4. The number of carbonyl (C=O) groups is 2. The summed E-state index contributed by atoms with van der Waals surface area (Å²) in [6, 6.07) is 7.77. The van der Waals surface area contributed by atoms with Crippen LogP contribution in [0.5, 0.6) is 0 Å². The molecule has 0 spiro atoms. The van der Waals surface area contributed by atoms with E-state index in [2.05, 4.69) is 12.6 Å². The van der Waals surface area contributed by atoms with E-state index in [9.17, 15) is 14.7 Å². The lowest BCUT2D eigenvalue weighted by Gasteiger charge is -2.25. The van der Waals surface area contributed by atoms with Crippen LogP contribution < -0.4 is 0 Å². The Balaban J connectivity index is 2.02. The number of hydrogen-bond donors (Lipinski definition) is 2. The number of hydrogen-bond acceptors (Lipinski definition) is 3. The van der Waals surface area contributed by atoms with Crippen LogP contribution in [0.15, 0.2) is 29.8 Å². The highest BCUT2D eigenvalue weighted by atomic mass is 32.2. The zero-order chi connectivity index (χ0) is 17.3. The molecule has 4 nitrogen and oxygen atoms in total. The quantitative estimate of drug-likeness (QED) is 0.785. The average molecular weight is 364 g/mol. The van der Waals surface area contributed by atoms with E-state index in [1.807, 2.05) is 24.3 Å². The van der Waals surface area contributed by atoms with Crippen LogP contribution in [0.4, 0.5) is 4.79 Å². The molecule has 0 bridgehead atoms. The van der Waals surface area contributed by atoms with Crippen LogP contribution in [0.2, 0.25) is 0 Å². The van der Waals surface area contributed by atoms with Crippen molar-refractivity contribution in [2.24, 2.45) is 5.92 Å². The highest BCUT2D eigenvalue weighted by molar-refractivity contribution is 8.09. The molecule has 1 aliphatic heterocycles. The second-order valence-electron chi connectivity index (χ2n) is 6.39. The maximum Gasteiger partial charge on any atom is 0.333 e. The van der Waals surface area contributed by atoms with Crippen molar-refractivity contribution in [3.8, 4) is 0 Å². The maximum atomic E-state index is 11.9. The van der Waals surface area contributed by atoms with Gasteiger partial charge in [-0.25, -0.2) is 4.79 Å². The van der Waals surface area contributed by atoms with Gasteiger partial charge in [-0.15, -0.1) is 11.8 Å². The molecular formula is C18H21NO3S2. The Kier molecular flexibility index (Phi) is 5.25. The van der Waals surface area contributed by atoms with Crippen molar-refractivity contribution in [2.45, 2.75) is 37.5 Å². The van der Waals surface area contributed by atoms with Gasteiger partial charge in [0.25, 0.3) is 5.24 Å². The fourth-order valence-corrected chi connectivity index (χ4v) is 5.40. The molecule has 1 fully saturated rings. The van der Waals surface area contributed by atoms with Crippen LogP contribution in [-0.4, -0.2) is 33.5 Å². The van der Waals surface area contributed by atoms with Crippen molar-refractivity contribution < 1.29 is 14.7 Å². The molecule has 2 atom stereocenters. The number of thioether (sulfide) groups is 1. The van der Waals surface area contributed by atoms with E-state index in [0.29, 0.717) is 17.4 Å². The second kappa shape index (κ2) is 7.23. The number of aliphatic carboxylic acids is 1. The number of carbonyl (C=O) groups excluding carboxylic acids is 1. The zero-order valence-corrected chi connectivity index (χ0v) is 15.3. The number of amides is 1. The van der Waals surface area contributed by atoms with Gasteiger partial charge in [-0.1, -0.05) is 49.7 Å². The number of benzene rings is 1. The van der Waals surface area contributed by atoms with Gasteiger partial charge in [-0.2, -0.15) is 0 Å². The Hall–Kier alpha value is -1.40. The van der Waals surface area contributed by atoms with Gasteiger partial charge in [0.2, 0.25) is 0 Å². The van der Waals surface area contributed by atoms with E-state index >= 15 is 0 Å². The summed E-state index contributed by atoms with van der Waals surface area (Å²) in [5, 5.41) is 9.87. The normalized spacial score (nSPS) is 23.1. The number of carboxylic acid groups (broad SMARTS) is 1. The van der Waals surface area contributed by atoms with E-state index in [-0.39, 0.29) is 11.2 Å². The van der Waals surface area contributed by atoms with E-state index in [0.717, 1.165) is 35.3 Å². The molecule has 0 saturated heterocycles. The van der Waals surface area contributed by atoms with Gasteiger partial charge < -0.3 is 10.0 Å². The highest BCUT2D eigenvalue weighted by Gasteiger charge is 2.41. The van der Waals surface area contributed by atoms with E-state index in [1.165, 1.54) is 11.3 Å². The third-order valence-electron chi connectivity index (χ3n) is 4.81. The van der Waals surface area contributed by atoms with Gasteiger partial charge in [0.1, 0.15) is 0 Å². The van der Waals surface area contributed by atoms with Crippen molar-refractivity contribution in [1.29, 1.82) is 0 Å². The molecule has 1 heterocycles. The van der Waals surface area contributed by atoms with Crippen molar-refractivity contribution in [2.75, 3.05) is 7.05 Å². The Morgan fingerprint density at radius 3 is 2.71 bits per heavy atom. The van der Waals surface area contributed by atoms with E-state index < -0.39 is 5.97 Å². The smallest absolute Gasteiger partial charge is 0.333 e. The first kappa shape index (κ1) is 17.4. The summed E-state index contributed by atoms with van der Waals surface area (Å²) in [6.07, 6.45) is 4.31. The van der Waals surface area contributed by atoms with Crippen LogP contribution in [0.25, 0.3) is 4.91 Å². The lowest BCUT2D eigenvalue weighted by atomic mass is 9.82. The van der Waals surface area contributed by atoms with Crippen LogP contribution in [0.1, 0.15) is 36.8 Å². The average Bonchev–Trinajstić information content (AvgIpc) is 2.94. The molecular weight excluding hydrogens is 342 g/mol. The molecule has 1 aliphatic carbocycles. The monoisotopic (exact) mass is 363 g/mol. The fraction of sp³-hybridized carbons (Fsp3) is 0.444. The van der Waals surface area contributed by atoms with Crippen LogP contribution in [-0.2, 0) is 11.3 Å². The minimum absolute atomic E-state index is 0.147. The number of fused-ring (bicyclic) bond motifs is 1. The molecule has 1 aromatic carbocycles. The van der Waals surface area contributed by atoms with E-state index in [4.69, 9.17) is 0 Å². The summed E-state index contributed by atoms with van der Waals surface area (Å²) in [4.78, 5) is 25.8.